The van der Waals surface area contributed by atoms with Gasteiger partial charge >= 0.3 is 12.0 Å². The van der Waals surface area contributed by atoms with Crippen molar-refractivity contribution in [3.05, 3.63) is 29.8 Å². The Bertz CT molecular complexity index is 585. The van der Waals surface area contributed by atoms with E-state index in [1.54, 1.807) is 29.2 Å². The number of carboxylic acids is 1. The molecule has 8 nitrogen and oxygen atoms in total. The van der Waals surface area contributed by atoms with Gasteiger partial charge in [0.1, 0.15) is 0 Å². The van der Waals surface area contributed by atoms with Gasteiger partial charge in [-0.25, -0.2) is 4.79 Å². The number of rotatable bonds is 5. The van der Waals surface area contributed by atoms with Crippen molar-refractivity contribution < 1.29 is 19.5 Å². The van der Waals surface area contributed by atoms with Crippen molar-refractivity contribution in [1.82, 2.24) is 15.5 Å². The Morgan fingerprint density at radius 1 is 1.22 bits per heavy atom. The summed E-state index contributed by atoms with van der Waals surface area (Å²) in [5, 5.41) is 17.0. The standard InChI is InChI=1S/C15H20N4O4/c20-13(21)4-5-17-14(22)11-2-1-3-12(10-11)18-15(23)19-8-6-16-7-9-19/h1-3,10,16H,4-9H2,(H,17,22)(H,18,23)(H,20,21). The molecule has 0 spiro atoms. The molecule has 8 heteroatoms. The average molecular weight is 320 g/mol. The molecule has 1 heterocycles. The van der Waals surface area contributed by atoms with Crippen LogP contribution in [0.25, 0.3) is 0 Å². The van der Waals surface area contributed by atoms with Gasteiger partial charge in [-0.2, -0.15) is 0 Å². The van der Waals surface area contributed by atoms with Gasteiger partial charge in [-0.3, -0.25) is 9.59 Å². The molecule has 0 saturated carbocycles. The molecule has 124 valence electrons. The lowest BCUT2D eigenvalue weighted by molar-refractivity contribution is -0.136. The van der Waals surface area contributed by atoms with Gasteiger partial charge in [-0.05, 0) is 18.2 Å². The topological polar surface area (TPSA) is 111 Å². The Morgan fingerprint density at radius 2 is 1.96 bits per heavy atom. The number of hydrogen-bond donors (Lipinski definition) is 4. The minimum atomic E-state index is -0.970. The van der Waals surface area contributed by atoms with Crippen molar-refractivity contribution in [2.45, 2.75) is 6.42 Å². The van der Waals surface area contributed by atoms with Crippen molar-refractivity contribution in [2.24, 2.45) is 0 Å². The first kappa shape index (κ1) is 16.8. The molecule has 0 unspecified atom stereocenters. The fourth-order valence-electron chi connectivity index (χ4n) is 2.19. The van der Waals surface area contributed by atoms with Crippen LogP contribution in [-0.2, 0) is 4.79 Å². The first-order valence-corrected chi connectivity index (χ1v) is 7.43. The van der Waals surface area contributed by atoms with E-state index < -0.39 is 5.97 Å². The van der Waals surface area contributed by atoms with Crippen molar-refractivity contribution in [2.75, 3.05) is 38.0 Å². The third-order valence-corrected chi connectivity index (χ3v) is 3.40. The summed E-state index contributed by atoms with van der Waals surface area (Å²) in [5.41, 5.74) is 0.896. The molecule has 0 bridgehead atoms. The Labute approximate surface area is 133 Å². The highest BCUT2D eigenvalue weighted by molar-refractivity contribution is 5.97. The van der Waals surface area contributed by atoms with Crippen LogP contribution in [0.2, 0.25) is 0 Å². The van der Waals surface area contributed by atoms with Crippen molar-refractivity contribution in [3.8, 4) is 0 Å². The number of benzene rings is 1. The van der Waals surface area contributed by atoms with Crippen LogP contribution in [0.3, 0.4) is 0 Å². The maximum atomic E-state index is 12.1. The van der Waals surface area contributed by atoms with Crippen LogP contribution in [0.1, 0.15) is 16.8 Å². The normalized spacial score (nSPS) is 14.2. The van der Waals surface area contributed by atoms with Crippen molar-refractivity contribution in [3.63, 3.8) is 0 Å². The summed E-state index contributed by atoms with van der Waals surface area (Å²) in [5.74, 6) is -1.34. The van der Waals surface area contributed by atoms with Crippen LogP contribution in [0.4, 0.5) is 10.5 Å². The predicted octanol–water partition coefficient (Wildman–Crippen LogP) is 0.328. The summed E-state index contributed by atoms with van der Waals surface area (Å²) in [6.07, 6.45) is -0.134. The lowest BCUT2D eigenvalue weighted by atomic mass is 10.2. The van der Waals surface area contributed by atoms with E-state index >= 15 is 0 Å². The number of aliphatic carboxylic acids is 1. The smallest absolute Gasteiger partial charge is 0.321 e. The number of carboxylic acid groups (broad SMARTS) is 1. The molecule has 0 atom stereocenters. The molecule has 0 radical (unpaired) electrons. The molecular formula is C15H20N4O4. The molecule has 1 aromatic carbocycles. The number of hydrogen-bond acceptors (Lipinski definition) is 4. The van der Waals surface area contributed by atoms with Crippen LogP contribution < -0.4 is 16.0 Å². The Morgan fingerprint density at radius 3 is 2.65 bits per heavy atom. The lowest BCUT2D eigenvalue weighted by Crippen LogP contribution is -2.48. The molecule has 1 saturated heterocycles. The molecule has 0 aliphatic carbocycles. The van der Waals surface area contributed by atoms with Gasteiger partial charge in [0.25, 0.3) is 5.91 Å². The van der Waals surface area contributed by atoms with Crippen LogP contribution in [0.15, 0.2) is 24.3 Å². The number of nitrogens with one attached hydrogen (secondary N) is 3. The second-order valence-corrected chi connectivity index (χ2v) is 5.15. The molecule has 0 aromatic heterocycles. The molecule has 2 rings (SSSR count). The van der Waals surface area contributed by atoms with Gasteiger partial charge in [0.15, 0.2) is 0 Å². The number of carbonyl (C=O) groups excluding carboxylic acids is 2. The second kappa shape index (κ2) is 8.14. The summed E-state index contributed by atoms with van der Waals surface area (Å²) >= 11 is 0. The summed E-state index contributed by atoms with van der Waals surface area (Å²) in [4.78, 5) is 36.2. The number of piperazine rings is 1. The predicted molar refractivity (Wildman–Crippen MR) is 84.5 cm³/mol. The first-order chi connectivity index (χ1) is 11.1. The van der Waals surface area contributed by atoms with E-state index in [-0.39, 0.29) is 24.9 Å². The van der Waals surface area contributed by atoms with Gasteiger partial charge < -0.3 is 26.0 Å². The average Bonchev–Trinajstić information content (AvgIpc) is 2.55. The van der Waals surface area contributed by atoms with E-state index in [0.29, 0.717) is 24.3 Å². The minimum absolute atomic E-state index is 0.0610. The second-order valence-electron chi connectivity index (χ2n) is 5.15. The number of amides is 3. The Kier molecular flexibility index (Phi) is 5.93. The van der Waals surface area contributed by atoms with Gasteiger partial charge in [0, 0.05) is 44.0 Å². The zero-order valence-corrected chi connectivity index (χ0v) is 12.7. The quantitative estimate of drug-likeness (QED) is 0.625. The van der Waals surface area contributed by atoms with E-state index in [0.717, 1.165) is 13.1 Å². The Hall–Kier alpha value is -2.61. The van der Waals surface area contributed by atoms with E-state index in [2.05, 4.69) is 16.0 Å². The molecule has 1 aliphatic rings. The maximum Gasteiger partial charge on any atom is 0.321 e. The van der Waals surface area contributed by atoms with Crippen LogP contribution in [-0.4, -0.2) is 60.6 Å². The highest BCUT2D eigenvalue weighted by Crippen LogP contribution is 2.12. The van der Waals surface area contributed by atoms with E-state index in [1.165, 1.54) is 0 Å². The number of nitrogens with zero attached hydrogens (tertiary/aromatic N) is 1. The first-order valence-electron chi connectivity index (χ1n) is 7.43. The van der Waals surface area contributed by atoms with Crippen molar-refractivity contribution >= 4 is 23.6 Å². The molecule has 3 amide bonds. The zero-order chi connectivity index (χ0) is 16.7. The zero-order valence-electron chi connectivity index (χ0n) is 12.7. The highest BCUT2D eigenvalue weighted by atomic mass is 16.4. The fraction of sp³-hybridized carbons (Fsp3) is 0.400. The lowest BCUT2D eigenvalue weighted by Gasteiger charge is -2.27. The Balaban J connectivity index is 1.92. The van der Waals surface area contributed by atoms with Gasteiger partial charge in [-0.15, -0.1) is 0 Å². The van der Waals surface area contributed by atoms with Crippen LogP contribution >= 0.6 is 0 Å². The highest BCUT2D eigenvalue weighted by Gasteiger charge is 2.16. The molecule has 1 aliphatic heterocycles. The molecule has 23 heavy (non-hydrogen) atoms. The van der Waals surface area contributed by atoms with E-state index in [4.69, 9.17) is 5.11 Å². The minimum Gasteiger partial charge on any atom is -0.481 e. The van der Waals surface area contributed by atoms with E-state index in [9.17, 15) is 14.4 Å². The maximum absolute atomic E-state index is 12.1. The number of urea groups is 1. The largest absolute Gasteiger partial charge is 0.481 e. The van der Waals surface area contributed by atoms with E-state index in [1.807, 2.05) is 0 Å². The third kappa shape index (κ3) is 5.26. The SMILES string of the molecule is O=C(O)CCNC(=O)c1cccc(NC(=O)N2CCNCC2)c1. The molecule has 1 aromatic rings. The monoisotopic (exact) mass is 320 g/mol. The summed E-state index contributed by atoms with van der Waals surface area (Å²) in [7, 11) is 0. The summed E-state index contributed by atoms with van der Waals surface area (Å²) in [6, 6.07) is 6.34. The number of carbonyl (C=O) groups is 3. The van der Waals surface area contributed by atoms with Crippen molar-refractivity contribution in [1.29, 1.82) is 0 Å². The molecule has 4 N–H and O–H groups in total. The summed E-state index contributed by atoms with van der Waals surface area (Å²) in [6.45, 7) is 2.87. The fourth-order valence-corrected chi connectivity index (χ4v) is 2.19. The van der Waals surface area contributed by atoms with Crippen LogP contribution in [0.5, 0.6) is 0 Å². The molecular weight excluding hydrogens is 300 g/mol. The summed E-state index contributed by atoms with van der Waals surface area (Å²) < 4.78 is 0. The number of anilines is 1. The molecule has 1 fully saturated rings. The van der Waals surface area contributed by atoms with Crippen LogP contribution in [0, 0.1) is 0 Å². The third-order valence-electron chi connectivity index (χ3n) is 3.40. The van der Waals surface area contributed by atoms with Gasteiger partial charge in [0.2, 0.25) is 0 Å². The van der Waals surface area contributed by atoms with Gasteiger partial charge in [-0.1, -0.05) is 6.07 Å². The van der Waals surface area contributed by atoms with Gasteiger partial charge in [0.05, 0.1) is 6.42 Å².